The van der Waals surface area contributed by atoms with Crippen molar-refractivity contribution in [2.45, 2.75) is 72.6 Å². The lowest BCUT2D eigenvalue weighted by molar-refractivity contribution is -0.117. The molecule has 0 bridgehead atoms. The molecule has 2 fully saturated rings. The Labute approximate surface area is 223 Å². The lowest BCUT2D eigenvalue weighted by atomic mass is 9.84. The number of carbonyl (C=O) groups is 2. The molecule has 1 N–H and O–H groups in total. The Bertz CT molecular complexity index is 1050. The standard InChI is InChI=1S/C32H45N3O2/c1-24(23-32(2,3)4)20-30(36)33-27-12-13-29(28(22-27)31(37)35-16-8-9-17-35)34-18-14-26(15-19-34)21-25-10-6-5-7-11-25/h5-7,10-13,22,24,26H,8-9,14-21,23H2,1-4H3,(H,33,36). The van der Waals surface area contributed by atoms with Gasteiger partial charge in [-0.1, -0.05) is 58.0 Å². The van der Waals surface area contributed by atoms with Gasteiger partial charge in [0.15, 0.2) is 0 Å². The third kappa shape index (κ3) is 7.83. The summed E-state index contributed by atoms with van der Waals surface area (Å²) in [7, 11) is 0. The fraction of sp³-hybridized carbons (Fsp3) is 0.562. The average molecular weight is 504 g/mol. The average Bonchev–Trinajstić information content (AvgIpc) is 3.38. The molecule has 37 heavy (non-hydrogen) atoms. The minimum absolute atomic E-state index is 0.0193. The molecule has 2 heterocycles. The van der Waals surface area contributed by atoms with Crippen LogP contribution >= 0.6 is 0 Å². The van der Waals surface area contributed by atoms with E-state index in [9.17, 15) is 9.59 Å². The van der Waals surface area contributed by atoms with Gasteiger partial charge in [-0.05, 0) is 79.5 Å². The highest BCUT2D eigenvalue weighted by Crippen LogP contribution is 2.32. The molecular weight excluding hydrogens is 458 g/mol. The summed E-state index contributed by atoms with van der Waals surface area (Å²) >= 11 is 0. The Morgan fingerprint density at radius 3 is 2.30 bits per heavy atom. The number of amides is 2. The summed E-state index contributed by atoms with van der Waals surface area (Å²) in [5, 5.41) is 3.08. The van der Waals surface area contributed by atoms with Gasteiger partial charge >= 0.3 is 0 Å². The molecule has 200 valence electrons. The van der Waals surface area contributed by atoms with E-state index in [1.54, 1.807) is 0 Å². The first-order valence-corrected chi connectivity index (χ1v) is 14.2. The summed E-state index contributed by atoms with van der Waals surface area (Å²) in [6.07, 6.45) is 6.98. The lowest BCUT2D eigenvalue weighted by Gasteiger charge is -2.35. The van der Waals surface area contributed by atoms with Crippen molar-refractivity contribution in [1.29, 1.82) is 0 Å². The molecule has 0 saturated carbocycles. The van der Waals surface area contributed by atoms with Crippen molar-refractivity contribution < 1.29 is 9.59 Å². The topological polar surface area (TPSA) is 52.7 Å². The van der Waals surface area contributed by atoms with Crippen molar-refractivity contribution in [2.24, 2.45) is 17.3 Å². The number of rotatable bonds is 8. The van der Waals surface area contributed by atoms with Gasteiger partial charge in [-0.25, -0.2) is 0 Å². The van der Waals surface area contributed by atoms with E-state index < -0.39 is 0 Å². The zero-order valence-corrected chi connectivity index (χ0v) is 23.3. The van der Waals surface area contributed by atoms with Crippen LogP contribution < -0.4 is 10.2 Å². The van der Waals surface area contributed by atoms with Gasteiger partial charge in [0, 0.05) is 44.0 Å². The fourth-order valence-electron chi connectivity index (χ4n) is 6.12. The van der Waals surface area contributed by atoms with Crippen LogP contribution in [0.3, 0.4) is 0 Å². The van der Waals surface area contributed by atoms with Crippen LogP contribution in [0.25, 0.3) is 0 Å². The summed E-state index contributed by atoms with van der Waals surface area (Å²) in [5.41, 5.74) is 4.06. The monoisotopic (exact) mass is 503 g/mol. The van der Waals surface area contributed by atoms with Crippen molar-refractivity contribution in [3.8, 4) is 0 Å². The van der Waals surface area contributed by atoms with E-state index in [0.717, 1.165) is 81.6 Å². The molecule has 2 aliphatic rings. The van der Waals surface area contributed by atoms with E-state index in [-0.39, 0.29) is 17.2 Å². The Kier molecular flexibility index (Phi) is 8.94. The largest absolute Gasteiger partial charge is 0.371 e. The molecule has 2 aromatic carbocycles. The Balaban J connectivity index is 1.45. The van der Waals surface area contributed by atoms with Gasteiger partial charge in [-0.2, -0.15) is 0 Å². The number of hydrogen-bond donors (Lipinski definition) is 1. The van der Waals surface area contributed by atoms with Crippen molar-refractivity contribution in [3.63, 3.8) is 0 Å². The van der Waals surface area contributed by atoms with E-state index in [1.807, 2.05) is 17.0 Å². The van der Waals surface area contributed by atoms with Gasteiger partial charge in [-0.15, -0.1) is 0 Å². The molecule has 0 spiro atoms. The maximum atomic E-state index is 13.6. The first kappa shape index (κ1) is 27.2. The number of benzene rings is 2. The Morgan fingerprint density at radius 2 is 1.65 bits per heavy atom. The highest BCUT2D eigenvalue weighted by atomic mass is 16.2. The van der Waals surface area contributed by atoms with Crippen LogP contribution in [-0.2, 0) is 11.2 Å². The van der Waals surface area contributed by atoms with E-state index in [4.69, 9.17) is 0 Å². The van der Waals surface area contributed by atoms with Crippen molar-refractivity contribution >= 4 is 23.2 Å². The smallest absolute Gasteiger partial charge is 0.256 e. The summed E-state index contributed by atoms with van der Waals surface area (Å²) in [6, 6.07) is 16.7. The third-order valence-corrected chi connectivity index (χ3v) is 7.72. The fourth-order valence-corrected chi connectivity index (χ4v) is 6.12. The van der Waals surface area contributed by atoms with Crippen LogP contribution in [0.2, 0.25) is 0 Å². The first-order valence-electron chi connectivity index (χ1n) is 14.2. The minimum Gasteiger partial charge on any atom is -0.371 e. The zero-order valence-electron chi connectivity index (χ0n) is 23.3. The second kappa shape index (κ2) is 12.1. The highest BCUT2D eigenvalue weighted by molar-refractivity contribution is 6.02. The van der Waals surface area contributed by atoms with E-state index >= 15 is 0 Å². The molecule has 2 amide bonds. The Hall–Kier alpha value is -2.82. The number of hydrogen-bond acceptors (Lipinski definition) is 3. The minimum atomic E-state index is 0.0193. The maximum absolute atomic E-state index is 13.6. The molecule has 2 aromatic rings. The quantitative estimate of drug-likeness (QED) is 0.432. The van der Waals surface area contributed by atoms with Crippen molar-refractivity contribution in [2.75, 3.05) is 36.4 Å². The Morgan fingerprint density at radius 1 is 0.973 bits per heavy atom. The van der Waals surface area contributed by atoms with Crippen LogP contribution in [0.15, 0.2) is 48.5 Å². The molecule has 1 unspecified atom stereocenters. The van der Waals surface area contributed by atoms with Gasteiger partial charge < -0.3 is 15.1 Å². The normalized spacial score (nSPS) is 17.6. The number of nitrogens with one attached hydrogen (secondary N) is 1. The summed E-state index contributed by atoms with van der Waals surface area (Å²) < 4.78 is 0. The van der Waals surface area contributed by atoms with Crippen LogP contribution in [0.1, 0.15) is 82.1 Å². The molecule has 2 aliphatic heterocycles. The van der Waals surface area contributed by atoms with Gasteiger partial charge in [0.2, 0.25) is 5.91 Å². The van der Waals surface area contributed by atoms with Crippen molar-refractivity contribution in [1.82, 2.24) is 4.90 Å². The maximum Gasteiger partial charge on any atom is 0.256 e. The molecule has 0 radical (unpaired) electrons. The second-order valence-electron chi connectivity index (χ2n) is 12.5. The number of nitrogens with zero attached hydrogens (tertiary/aromatic N) is 2. The van der Waals surface area contributed by atoms with Crippen LogP contribution in [0.4, 0.5) is 11.4 Å². The predicted molar refractivity (Wildman–Crippen MR) is 153 cm³/mol. The van der Waals surface area contributed by atoms with Gasteiger partial charge in [0.1, 0.15) is 0 Å². The third-order valence-electron chi connectivity index (χ3n) is 7.72. The van der Waals surface area contributed by atoms with Crippen LogP contribution in [0, 0.1) is 17.3 Å². The predicted octanol–water partition coefficient (Wildman–Crippen LogP) is 6.78. The summed E-state index contributed by atoms with van der Waals surface area (Å²) in [4.78, 5) is 30.7. The molecule has 5 heteroatoms. The number of likely N-dealkylation sites (tertiary alicyclic amines) is 1. The van der Waals surface area contributed by atoms with E-state index in [0.29, 0.717) is 18.3 Å². The highest BCUT2D eigenvalue weighted by Gasteiger charge is 2.27. The van der Waals surface area contributed by atoms with E-state index in [2.05, 4.69) is 74.3 Å². The first-order chi connectivity index (χ1) is 17.7. The SMILES string of the molecule is CC(CC(=O)Nc1ccc(N2CCC(Cc3ccccc3)CC2)c(C(=O)N2CCCC2)c1)CC(C)(C)C. The van der Waals surface area contributed by atoms with Crippen molar-refractivity contribution in [3.05, 3.63) is 59.7 Å². The number of piperidine rings is 1. The summed E-state index contributed by atoms with van der Waals surface area (Å²) in [5.74, 6) is 1.09. The van der Waals surface area contributed by atoms with Crippen LogP contribution in [-0.4, -0.2) is 42.9 Å². The number of anilines is 2. The van der Waals surface area contributed by atoms with E-state index in [1.165, 1.54) is 5.56 Å². The second-order valence-corrected chi connectivity index (χ2v) is 12.5. The molecule has 5 nitrogen and oxygen atoms in total. The van der Waals surface area contributed by atoms with Crippen LogP contribution in [0.5, 0.6) is 0 Å². The lowest BCUT2D eigenvalue weighted by Crippen LogP contribution is -2.36. The molecular formula is C32H45N3O2. The molecule has 4 rings (SSSR count). The molecule has 2 saturated heterocycles. The molecule has 0 aliphatic carbocycles. The molecule has 0 aromatic heterocycles. The van der Waals surface area contributed by atoms with Gasteiger partial charge in [0.05, 0.1) is 5.56 Å². The summed E-state index contributed by atoms with van der Waals surface area (Å²) in [6.45, 7) is 12.3. The number of carbonyl (C=O) groups excluding carboxylic acids is 2. The van der Waals surface area contributed by atoms with Gasteiger partial charge in [0.25, 0.3) is 5.91 Å². The van der Waals surface area contributed by atoms with Gasteiger partial charge in [-0.3, -0.25) is 9.59 Å². The zero-order chi connectivity index (χ0) is 26.4. The molecule has 1 atom stereocenters.